The highest BCUT2D eigenvalue weighted by Gasteiger charge is 2.30. The monoisotopic (exact) mass is 400 g/mol. The molecule has 0 radical (unpaired) electrons. The summed E-state index contributed by atoms with van der Waals surface area (Å²) in [6, 6.07) is 8.82. The number of benzene rings is 2. The van der Waals surface area contributed by atoms with Crippen LogP contribution in [0.15, 0.2) is 46.9 Å². The number of alkyl halides is 3. The Balaban J connectivity index is 2.01. The van der Waals surface area contributed by atoms with E-state index in [9.17, 15) is 22.8 Å². The predicted molar refractivity (Wildman–Crippen MR) is 87.6 cm³/mol. The number of aryl methyl sites for hydroxylation is 1. The molecule has 0 saturated carbocycles. The summed E-state index contributed by atoms with van der Waals surface area (Å²) in [5.41, 5.74) is 0.560. The van der Waals surface area contributed by atoms with Crippen molar-refractivity contribution in [2.45, 2.75) is 13.1 Å². The van der Waals surface area contributed by atoms with Crippen LogP contribution < -0.4 is 10.6 Å². The van der Waals surface area contributed by atoms with E-state index in [0.717, 1.165) is 34.3 Å². The Bertz CT molecular complexity index is 774. The molecule has 126 valence electrons. The zero-order valence-electron chi connectivity index (χ0n) is 12.4. The van der Waals surface area contributed by atoms with Gasteiger partial charge >= 0.3 is 18.0 Å². The van der Waals surface area contributed by atoms with Crippen LogP contribution in [0.25, 0.3) is 0 Å². The number of amides is 2. The van der Waals surface area contributed by atoms with Gasteiger partial charge in [-0.1, -0.05) is 15.9 Å². The van der Waals surface area contributed by atoms with Gasteiger partial charge < -0.3 is 10.6 Å². The van der Waals surface area contributed by atoms with E-state index < -0.39 is 23.6 Å². The second-order valence-corrected chi connectivity index (χ2v) is 5.80. The Hall–Kier alpha value is -2.35. The molecule has 0 fully saturated rings. The minimum atomic E-state index is -4.46. The second kappa shape index (κ2) is 7.04. The standard InChI is InChI=1S/C16H12BrF3N2O2/c1-9-8-12(6-7-13(9)17)22-15(24)14(23)21-11-4-2-10(3-5-11)16(18,19)20/h2-8H,1H3,(H,21,23)(H,22,24). The van der Waals surface area contributed by atoms with Crippen molar-refractivity contribution >= 4 is 39.1 Å². The van der Waals surface area contributed by atoms with Crippen LogP contribution in [0.3, 0.4) is 0 Å². The van der Waals surface area contributed by atoms with Crippen LogP contribution in [0.2, 0.25) is 0 Å². The van der Waals surface area contributed by atoms with Crippen molar-refractivity contribution in [3.63, 3.8) is 0 Å². The van der Waals surface area contributed by atoms with Gasteiger partial charge in [-0.3, -0.25) is 9.59 Å². The topological polar surface area (TPSA) is 58.2 Å². The van der Waals surface area contributed by atoms with E-state index in [4.69, 9.17) is 0 Å². The van der Waals surface area contributed by atoms with E-state index in [1.165, 1.54) is 0 Å². The fourth-order valence-electron chi connectivity index (χ4n) is 1.84. The molecule has 0 heterocycles. The quantitative estimate of drug-likeness (QED) is 0.736. The zero-order valence-corrected chi connectivity index (χ0v) is 14.0. The number of carbonyl (C=O) groups excluding carboxylic acids is 2. The van der Waals surface area contributed by atoms with Crippen LogP contribution in [0.5, 0.6) is 0 Å². The lowest BCUT2D eigenvalue weighted by Gasteiger charge is -2.09. The fourth-order valence-corrected chi connectivity index (χ4v) is 2.09. The molecular weight excluding hydrogens is 389 g/mol. The summed E-state index contributed by atoms with van der Waals surface area (Å²) in [6.07, 6.45) is -4.46. The summed E-state index contributed by atoms with van der Waals surface area (Å²) >= 11 is 3.32. The summed E-state index contributed by atoms with van der Waals surface area (Å²) in [6.45, 7) is 1.82. The number of nitrogens with one attached hydrogen (secondary N) is 2. The fraction of sp³-hybridized carbons (Fsp3) is 0.125. The van der Waals surface area contributed by atoms with Crippen molar-refractivity contribution < 1.29 is 22.8 Å². The number of hydrogen-bond donors (Lipinski definition) is 2. The minimum Gasteiger partial charge on any atom is -0.318 e. The smallest absolute Gasteiger partial charge is 0.318 e. The molecular formula is C16H12BrF3N2O2. The molecule has 0 atom stereocenters. The molecule has 4 nitrogen and oxygen atoms in total. The van der Waals surface area contributed by atoms with Gasteiger partial charge in [-0.25, -0.2) is 0 Å². The van der Waals surface area contributed by atoms with Gasteiger partial charge in [0.05, 0.1) is 5.56 Å². The summed E-state index contributed by atoms with van der Waals surface area (Å²) in [5, 5.41) is 4.65. The lowest BCUT2D eigenvalue weighted by Crippen LogP contribution is -2.29. The molecule has 0 aromatic heterocycles. The molecule has 0 aliphatic heterocycles. The van der Waals surface area contributed by atoms with Crippen LogP contribution in [0, 0.1) is 6.92 Å². The van der Waals surface area contributed by atoms with Crippen molar-refractivity contribution in [3.8, 4) is 0 Å². The maximum absolute atomic E-state index is 12.5. The van der Waals surface area contributed by atoms with E-state index in [0.29, 0.717) is 5.69 Å². The van der Waals surface area contributed by atoms with E-state index >= 15 is 0 Å². The van der Waals surface area contributed by atoms with Gasteiger partial charge in [-0.2, -0.15) is 13.2 Å². The van der Waals surface area contributed by atoms with Crippen LogP contribution in [-0.4, -0.2) is 11.8 Å². The zero-order chi connectivity index (χ0) is 17.9. The van der Waals surface area contributed by atoms with Crippen LogP contribution in [-0.2, 0) is 15.8 Å². The molecule has 0 spiro atoms. The Kier molecular flexibility index (Phi) is 5.28. The third-order valence-electron chi connectivity index (χ3n) is 3.09. The van der Waals surface area contributed by atoms with Gasteiger partial charge in [0.1, 0.15) is 0 Å². The molecule has 24 heavy (non-hydrogen) atoms. The molecule has 2 N–H and O–H groups in total. The third kappa shape index (κ3) is 4.58. The highest BCUT2D eigenvalue weighted by molar-refractivity contribution is 9.10. The predicted octanol–water partition coefficient (Wildman–Crippen LogP) is 4.35. The molecule has 0 aliphatic carbocycles. The Labute approximate surface area is 144 Å². The van der Waals surface area contributed by atoms with Crippen molar-refractivity contribution in [3.05, 3.63) is 58.1 Å². The van der Waals surface area contributed by atoms with Crippen LogP contribution >= 0.6 is 15.9 Å². The first kappa shape index (κ1) is 18.0. The Morgan fingerprint density at radius 1 is 0.917 bits per heavy atom. The first-order valence-electron chi connectivity index (χ1n) is 6.72. The normalized spacial score (nSPS) is 11.0. The number of hydrogen-bond acceptors (Lipinski definition) is 2. The molecule has 0 aliphatic rings. The molecule has 2 rings (SSSR count). The van der Waals surface area contributed by atoms with Gasteiger partial charge in [-0.15, -0.1) is 0 Å². The van der Waals surface area contributed by atoms with Crippen molar-refractivity contribution in [2.24, 2.45) is 0 Å². The molecule has 2 aromatic rings. The van der Waals surface area contributed by atoms with Crippen molar-refractivity contribution in [1.29, 1.82) is 0 Å². The van der Waals surface area contributed by atoms with E-state index in [2.05, 4.69) is 26.6 Å². The van der Waals surface area contributed by atoms with Gasteiger partial charge in [-0.05, 0) is 55.0 Å². The summed E-state index contributed by atoms with van der Waals surface area (Å²) < 4.78 is 38.2. The average molecular weight is 401 g/mol. The minimum absolute atomic E-state index is 0.0927. The molecule has 0 unspecified atom stereocenters. The van der Waals surface area contributed by atoms with Gasteiger partial charge in [0.25, 0.3) is 0 Å². The molecule has 8 heteroatoms. The molecule has 0 saturated heterocycles. The Morgan fingerprint density at radius 2 is 1.42 bits per heavy atom. The number of anilines is 2. The Morgan fingerprint density at radius 3 is 1.92 bits per heavy atom. The van der Waals surface area contributed by atoms with Crippen molar-refractivity contribution in [2.75, 3.05) is 10.6 Å². The summed E-state index contributed by atoms with van der Waals surface area (Å²) in [7, 11) is 0. The largest absolute Gasteiger partial charge is 0.416 e. The summed E-state index contributed by atoms with van der Waals surface area (Å²) in [5.74, 6) is -1.90. The highest BCUT2D eigenvalue weighted by Crippen LogP contribution is 2.29. The number of carbonyl (C=O) groups is 2. The van der Waals surface area contributed by atoms with E-state index in [1.807, 2.05) is 6.92 Å². The van der Waals surface area contributed by atoms with Crippen LogP contribution in [0.1, 0.15) is 11.1 Å². The van der Waals surface area contributed by atoms with E-state index in [1.54, 1.807) is 18.2 Å². The first-order valence-corrected chi connectivity index (χ1v) is 7.52. The SMILES string of the molecule is Cc1cc(NC(=O)C(=O)Nc2ccc(C(F)(F)F)cc2)ccc1Br. The van der Waals surface area contributed by atoms with Crippen LogP contribution in [0.4, 0.5) is 24.5 Å². The van der Waals surface area contributed by atoms with Crippen molar-refractivity contribution in [1.82, 2.24) is 0 Å². The second-order valence-electron chi connectivity index (χ2n) is 4.95. The lowest BCUT2D eigenvalue weighted by atomic mass is 10.2. The summed E-state index contributed by atoms with van der Waals surface area (Å²) in [4.78, 5) is 23.6. The number of rotatable bonds is 2. The molecule has 2 aromatic carbocycles. The maximum Gasteiger partial charge on any atom is 0.416 e. The average Bonchev–Trinajstić information content (AvgIpc) is 2.50. The lowest BCUT2D eigenvalue weighted by molar-refractivity contribution is -0.137. The van der Waals surface area contributed by atoms with Gasteiger partial charge in [0.15, 0.2) is 0 Å². The molecule has 2 amide bonds. The first-order chi connectivity index (χ1) is 11.2. The third-order valence-corrected chi connectivity index (χ3v) is 3.98. The number of halogens is 4. The maximum atomic E-state index is 12.5. The van der Waals surface area contributed by atoms with Gasteiger partial charge in [0, 0.05) is 15.8 Å². The highest BCUT2D eigenvalue weighted by atomic mass is 79.9. The molecule has 0 bridgehead atoms. The van der Waals surface area contributed by atoms with E-state index in [-0.39, 0.29) is 5.69 Å². The van der Waals surface area contributed by atoms with Gasteiger partial charge in [0.2, 0.25) is 0 Å².